The first-order valence-corrected chi connectivity index (χ1v) is 6.84. The summed E-state index contributed by atoms with van der Waals surface area (Å²) in [5.41, 5.74) is 5.78. The Morgan fingerprint density at radius 2 is 2.22 bits per heavy atom. The van der Waals surface area contributed by atoms with Crippen molar-refractivity contribution < 1.29 is 9.18 Å². The molecule has 0 saturated heterocycles. The van der Waals surface area contributed by atoms with Gasteiger partial charge >= 0.3 is 0 Å². The number of hydrogen-bond donors (Lipinski definition) is 2. The number of carbonyl (C=O) groups is 1. The summed E-state index contributed by atoms with van der Waals surface area (Å²) >= 11 is 3.19. The molecular weight excluding hydrogens is 299 g/mol. The number of rotatable bonds is 3. The van der Waals surface area contributed by atoms with Crippen molar-refractivity contribution in [1.29, 1.82) is 0 Å². The molecule has 3 N–H and O–H groups in total. The number of halogens is 2. The Morgan fingerprint density at radius 1 is 1.56 bits per heavy atom. The van der Waals surface area contributed by atoms with Crippen molar-refractivity contribution in [2.75, 3.05) is 5.73 Å². The zero-order valence-electron chi connectivity index (χ0n) is 10.2. The van der Waals surface area contributed by atoms with Gasteiger partial charge in [0.25, 0.3) is 5.91 Å². The second-order valence-corrected chi connectivity index (χ2v) is 5.65. The van der Waals surface area contributed by atoms with Gasteiger partial charge in [-0.3, -0.25) is 4.79 Å². The summed E-state index contributed by atoms with van der Waals surface area (Å²) in [6.45, 7) is 2.06. The third kappa shape index (κ3) is 2.36. The first kappa shape index (κ1) is 13.3. The number of benzene rings is 1. The first-order chi connectivity index (χ1) is 8.47. The highest BCUT2D eigenvalue weighted by molar-refractivity contribution is 9.10. The molecule has 2 rings (SSSR count). The summed E-state index contributed by atoms with van der Waals surface area (Å²) in [6.07, 6.45) is 4.06. The fourth-order valence-corrected chi connectivity index (χ4v) is 2.71. The van der Waals surface area contributed by atoms with E-state index in [-0.39, 0.29) is 17.1 Å². The fourth-order valence-electron chi connectivity index (χ4n) is 2.22. The lowest BCUT2D eigenvalue weighted by Crippen LogP contribution is -2.53. The lowest BCUT2D eigenvalue weighted by molar-refractivity contribution is 0.0819. The zero-order chi connectivity index (χ0) is 13.3. The molecule has 1 aromatic carbocycles. The van der Waals surface area contributed by atoms with Gasteiger partial charge in [0.05, 0.1) is 11.3 Å². The Balaban J connectivity index is 2.21. The summed E-state index contributed by atoms with van der Waals surface area (Å²) in [4.78, 5) is 12.2. The molecule has 0 unspecified atom stereocenters. The molecule has 3 nitrogen and oxygen atoms in total. The molecule has 1 amide bonds. The van der Waals surface area contributed by atoms with Crippen molar-refractivity contribution in [3.8, 4) is 0 Å². The van der Waals surface area contributed by atoms with E-state index in [2.05, 4.69) is 28.2 Å². The Labute approximate surface area is 114 Å². The van der Waals surface area contributed by atoms with E-state index in [1.165, 1.54) is 12.1 Å². The van der Waals surface area contributed by atoms with Crippen LogP contribution in [0.25, 0.3) is 0 Å². The predicted molar refractivity (Wildman–Crippen MR) is 72.9 cm³/mol. The Hall–Kier alpha value is -1.10. The van der Waals surface area contributed by atoms with Crippen molar-refractivity contribution in [2.45, 2.75) is 38.1 Å². The largest absolute Gasteiger partial charge is 0.396 e. The standard InChI is InChI=1S/C13H16BrFN2O/c1-2-13(4-3-5-13)17-12(18)8-6-11(16)10(15)7-9(8)14/h6-7H,2-5,16H2,1H3,(H,17,18). The number of nitrogen functional groups attached to an aromatic ring is 1. The number of carbonyl (C=O) groups excluding carboxylic acids is 1. The maximum atomic E-state index is 13.2. The quantitative estimate of drug-likeness (QED) is 0.842. The average molecular weight is 315 g/mol. The monoisotopic (exact) mass is 314 g/mol. The molecule has 0 atom stereocenters. The zero-order valence-corrected chi connectivity index (χ0v) is 11.8. The van der Waals surface area contributed by atoms with E-state index in [0.717, 1.165) is 25.7 Å². The van der Waals surface area contributed by atoms with Crippen LogP contribution in [0.5, 0.6) is 0 Å². The van der Waals surface area contributed by atoms with Crippen molar-refractivity contribution in [3.63, 3.8) is 0 Å². The van der Waals surface area contributed by atoms with Gasteiger partial charge in [-0.15, -0.1) is 0 Å². The van der Waals surface area contributed by atoms with E-state index in [0.29, 0.717) is 10.0 Å². The van der Waals surface area contributed by atoms with E-state index in [9.17, 15) is 9.18 Å². The Bertz CT molecular complexity index is 481. The van der Waals surface area contributed by atoms with Gasteiger partial charge < -0.3 is 11.1 Å². The van der Waals surface area contributed by atoms with Crippen molar-refractivity contribution >= 4 is 27.5 Å². The summed E-state index contributed by atoms with van der Waals surface area (Å²) in [5, 5.41) is 3.04. The second-order valence-electron chi connectivity index (χ2n) is 4.80. The van der Waals surface area contributed by atoms with Crippen LogP contribution in [0, 0.1) is 5.82 Å². The number of hydrogen-bond acceptors (Lipinski definition) is 2. The van der Waals surface area contributed by atoms with E-state index < -0.39 is 5.82 Å². The second kappa shape index (κ2) is 4.88. The molecular formula is C13H16BrFN2O. The molecule has 1 fully saturated rings. The van der Waals surface area contributed by atoms with Gasteiger partial charge in [0.2, 0.25) is 0 Å². The Morgan fingerprint density at radius 3 is 2.72 bits per heavy atom. The van der Waals surface area contributed by atoms with Crippen LogP contribution in [0.2, 0.25) is 0 Å². The number of nitrogens with one attached hydrogen (secondary N) is 1. The molecule has 0 aliphatic heterocycles. The molecule has 1 aromatic rings. The van der Waals surface area contributed by atoms with Gasteiger partial charge in [-0.2, -0.15) is 0 Å². The van der Waals surface area contributed by atoms with Crippen LogP contribution in [0.1, 0.15) is 43.0 Å². The summed E-state index contributed by atoms with van der Waals surface area (Å²) < 4.78 is 13.6. The van der Waals surface area contributed by atoms with Crippen LogP contribution in [0.3, 0.4) is 0 Å². The van der Waals surface area contributed by atoms with E-state index in [1.54, 1.807) is 0 Å². The topological polar surface area (TPSA) is 55.1 Å². The molecule has 0 spiro atoms. The lowest BCUT2D eigenvalue weighted by Gasteiger charge is -2.42. The van der Waals surface area contributed by atoms with Crippen LogP contribution in [0.4, 0.5) is 10.1 Å². The van der Waals surface area contributed by atoms with Crippen LogP contribution in [-0.2, 0) is 0 Å². The van der Waals surface area contributed by atoms with Crippen molar-refractivity contribution in [1.82, 2.24) is 5.32 Å². The van der Waals surface area contributed by atoms with Gasteiger partial charge in [-0.1, -0.05) is 6.92 Å². The molecule has 0 radical (unpaired) electrons. The SMILES string of the molecule is CCC1(NC(=O)c2cc(N)c(F)cc2Br)CCC1. The maximum absolute atomic E-state index is 13.2. The van der Waals surface area contributed by atoms with E-state index >= 15 is 0 Å². The third-order valence-electron chi connectivity index (χ3n) is 3.70. The van der Waals surface area contributed by atoms with Gasteiger partial charge in [0.1, 0.15) is 5.82 Å². The fraction of sp³-hybridized carbons (Fsp3) is 0.462. The molecule has 1 saturated carbocycles. The molecule has 98 valence electrons. The molecule has 1 aliphatic rings. The molecule has 0 heterocycles. The summed E-state index contributed by atoms with van der Waals surface area (Å²) in [5.74, 6) is -0.720. The normalized spacial score (nSPS) is 17.1. The minimum absolute atomic E-state index is 0.0116. The molecule has 5 heteroatoms. The number of nitrogens with two attached hydrogens (primary N) is 1. The molecule has 0 bridgehead atoms. The highest BCUT2D eigenvalue weighted by atomic mass is 79.9. The lowest BCUT2D eigenvalue weighted by atomic mass is 9.74. The minimum Gasteiger partial charge on any atom is -0.396 e. The number of amides is 1. The van der Waals surface area contributed by atoms with Crippen LogP contribution >= 0.6 is 15.9 Å². The van der Waals surface area contributed by atoms with E-state index in [1.807, 2.05) is 0 Å². The number of anilines is 1. The summed E-state index contributed by atoms with van der Waals surface area (Å²) in [6, 6.07) is 2.60. The van der Waals surface area contributed by atoms with Gasteiger partial charge in [-0.25, -0.2) is 4.39 Å². The maximum Gasteiger partial charge on any atom is 0.252 e. The third-order valence-corrected chi connectivity index (χ3v) is 4.35. The van der Waals surface area contributed by atoms with Gasteiger partial charge in [-0.05, 0) is 53.7 Å². The van der Waals surface area contributed by atoms with Gasteiger partial charge in [0, 0.05) is 10.0 Å². The van der Waals surface area contributed by atoms with Crippen molar-refractivity contribution in [3.05, 3.63) is 28.0 Å². The first-order valence-electron chi connectivity index (χ1n) is 6.04. The van der Waals surface area contributed by atoms with Crippen LogP contribution < -0.4 is 11.1 Å². The minimum atomic E-state index is -0.521. The molecule has 1 aliphatic carbocycles. The highest BCUT2D eigenvalue weighted by Gasteiger charge is 2.36. The van der Waals surface area contributed by atoms with Crippen LogP contribution in [0.15, 0.2) is 16.6 Å². The van der Waals surface area contributed by atoms with Crippen molar-refractivity contribution in [2.24, 2.45) is 0 Å². The molecule has 18 heavy (non-hydrogen) atoms. The Kier molecular flexibility index (Phi) is 3.61. The van der Waals surface area contributed by atoms with Crippen LogP contribution in [-0.4, -0.2) is 11.4 Å². The smallest absolute Gasteiger partial charge is 0.252 e. The molecule has 0 aromatic heterocycles. The summed E-state index contributed by atoms with van der Waals surface area (Å²) in [7, 11) is 0. The van der Waals surface area contributed by atoms with E-state index in [4.69, 9.17) is 5.73 Å². The highest BCUT2D eigenvalue weighted by Crippen LogP contribution is 2.35. The average Bonchev–Trinajstić information content (AvgIpc) is 2.28. The van der Waals surface area contributed by atoms with Gasteiger partial charge in [0.15, 0.2) is 0 Å². The predicted octanol–water partition coefficient (Wildman–Crippen LogP) is 3.23.